The van der Waals surface area contributed by atoms with Crippen LogP contribution in [-0.4, -0.2) is 47.2 Å². The lowest BCUT2D eigenvalue weighted by atomic mass is 10.2. The Morgan fingerprint density at radius 2 is 0.512 bits per heavy atom. The zero-order valence-corrected chi connectivity index (χ0v) is 64.3. The molecule has 0 fully saturated rings. The lowest BCUT2D eigenvalue weighted by Crippen LogP contribution is -2.15. The largest absolute Gasteiger partial charge is 0.499 e. The average molecular weight is 1220 g/mol. The fraction of sp³-hybridized carbons (Fsp3) is 0.711. The van der Waals surface area contributed by atoms with E-state index in [-0.39, 0.29) is 0 Å². The van der Waals surface area contributed by atoms with Gasteiger partial charge in [-0.1, -0.05) is 255 Å². The maximum Gasteiger partial charge on any atom is 0.0922 e. The van der Waals surface area contributed by atoms with E-state index >= 15 is 0 Å². The molecule has 0 saturated carbocycles. The number of thioether (sulfide) groups is 2. The van der Waals surface area contributed by atoms with E-state index in [0.717, 1.165) is 10.5 Å². The van der Waals surface area contributed by atoms with Crippen molar-refractivity contribution in [1.82, 2.24) is 10.6 Å². The zero-order valence-electron chi connectivity index (χ0n) is 62.6. The lowest BCUT2D eigenvalue weighted by molar-refractivity contribution is 0.177. The van der Waals surface area contributed by atoms with Crippen LogP contribution in [0.3, 0.4) is 0 Å². The maximum absolute atomic E-state index is 5.17. The molecule has 8 heteroatoms. The molecule has 0 bridgehead atoms. The molecule has 0 radical (unpaired) electrons. The number of allylic oxidation sites excluding steroid dienone is 12. The molecule has 6 nitrogen and oxygen atoms in total. The molecule has 0 aliphatic rings. The van der Waals surface area contributed by atoms with E-state index in [0.29, 0.717) is 95.3 Å². The highest BCUT2D eigenvalue weighted by atomic mass is 32.2. The minimum Gasteiger partial charge on any atom is -0.499 e. The van der Waals surface area contributed by atoms with Crippen molar-refractivity contribution in [3.8, 4) is 0 Å². The minimum atomic E-state index is 0.306. The zero-order chi connectivity index (χ0) is 67.6. The minimum absolute atomic E-state index is 0.306. The third kappa shape index (κ3) is 165. The van der Waals surface area contributed by atoms with E-state index in [1.807, 2.05) is 101 Å². The number of hydrogen-bond donors (Lipinski definition) is 2. The van der Waals surface area contributed by atoms with Crippen LogP contribution in [0.2, 0.25) is 0 Å². The van der Waals surface area contributed by atoms with Gasteiger partial charge in [-0.05, 0) is 162 Å². The van der Waals surface area contributed by atoms with E-state index in [1.54, 1.807) is 12.5 Å². The van der Waals surface area contributed by atoms with E-state index in [4.69, 9.17) is 9.47 Å². The van der Waals surface area contributed by atoms with Gasteiger partial charge in [-0.15, -0.1) is 23.5 Å². The van der Waals surface area contributed by atoms with E-state index in [9.17, 15) is 0 Å². The molecule has 0 aromatic heterocycles. The average Bonchev–Trinajstić information content (AvgIpc) is 3.31. The van der Waals surface area contributed by atoms with Crippen molar-refractivity contribution in [3.63, 3.8) is 0 Å². The van der Waals surface area contributed by atoms with Crippen molar-refractivity contribution in [2.45, 2.75) is 284 Å². The number of nitrogens with one attached hydrogen (secondary N) is 2. The Kier molecular flexibility index (Phi) is 89.9. The topological polar surface area (TPSA) is 67.2 Å². The normalized spacial score (nSPS) is 12.3. The van der Waals surface area contributed by atoms with Crippen molar-refractivity contribution in [2.24, 2.45) is 81.0 Å². The monoisotopic (exact) mass is 1220 g/mol. The van der Waals surface area contributed by atoms with Crippen LogP contribution < -0.4 is 10.6 Å². The number of aliphatic imine (C=N–C) groups is 2. The quantitative estimate of drug-likeness (QED) is 0.0485. The Bertz CT molecular complexity index is 1310. The van der Waals surface area contributed by atoms with Crippen molar-refractivity contribution in [1.29, 1.82) is 0 Å². The summed E-state index contributed by atoms with van der Waals surface area (Å²) in [6.45, 7) is 77.1. The van der Waals surface area contributed by atoms with Gasteiger partial charge >= 0.3 is 0 Å². The molecule has 0 aromatic carbocycles. The van der Waals surface area contributed by atoms with Crippen molar-refractivity contribution in [3.05, 3.63) is 121 Å². The molecular formula is C76H150N4O2S2. The molecule has 0 aliphatic carbocycles. The van der Waals surface area contributed by atoms with Crippen LogP contribution >= 0.6 is 23.5 Å². The highest BCUT2D eigenvalue weighted by Gasteiger charge is 1.92. The van der Waals surface area contributed by atoms with Crippen molar-refractivity contribution >= 4 is 36.0 Å². The molecular weight excluding hydrogens is 1060 g/mol. The summed E-state index contributed by atoms with van der Waals surface area (Å²) < 4.78 is 10.3. The molecule has 0 heterocycles. The fourth-order valence-corrected chi connectivity index (χ4v) is 5.22. The van der Waals surface area contributed by atoms with Gasteiger partial charge < -0.3 is 20.1 Å². The second-order valence-electron chi connectivity index (χ2n) is 26.4. The summed E-state index contributed by atoms with van der Waals surface area (Å²) in [5.74, 6) is 7.49. The fourth-order valence-electron chi connectivity index (χ4n) is 3.78. The summed E-state index contributed by atoms with van der Waals surface area (Å²) in [4.78, 5) is 8.21. The third-order valence-electron chi connectivity index (χ3n) is 8.06. The molecule has 0 rings (SSSR count). The number of ether oxygens (including phenoxy) is 2. The molecule has 0 spiro atoms. The van der Waals surface area contributed by atoms with Crippen LogP contribution in [0.1, 0.15) is 249 Å². The molecule has 0 aliphatic heterocycles. The molecule has 0 unspecified atom stereocenters. The van der Waals surface area contributed by atoms with Gasteiger partial charge in [-0.2, -0.15) is 0 Å². The molecule has 498 valence electrons. The van der Waals surface area contributed by atoms with E-state index < -0.39 is 0 Å². The first kappa shape index (κ1) is 99.7. The van der Waals surface area contributed by atoms with Crippen LogP contribution in [0.5, 0.6) is 0 Å². The predicted octanol–water partition coefficient (Wildman–Crippen LogP) is 25.2. The number of nitrogens with zero attached hydrogens (tertiary/aromatic N) is 2. The maximum atomic E-state index is 5.17. The first-order valence-corrected chi connectivity index (χ1v) is 34.4. The van der Waals surface area contributed by atoms with Crippen LogP contribution in [-0.2, 0) is 9.47 Å². The molecule has 2 N–H and O–H groups in total. The Labute approximate surface area is 539 Å². The highest BCUT2D eigenvalue weighted by Crippen LogP contribution is 2.12. The third-order valence-corrected chi connectivity index (χ3v) is 9.78. The second kappa shape index (κ2) is 75.7. The second-order valence-corrected chi connectivity index (χ2v) is 29.4. The summed E-state index contributed by atoms with van der Waals surface area (Å²) >= 11 is 3.76. The van der Waals surface area contributed by atoms with Gasteiger partial charge in [0.2, 0.25) is 0 Å². The number of rotatable bonds is 27. The van der Waals surface area contributed by atoms with Crippen LogP contribution in [0.4, 0.5) is 0 Å². The first-order chi connectivity index (χ1) is 38.6. The van der Waals surface area contributed by atoms with Crippen molar-refractivity contribution in [2.75, 3.05) is 0 Å². The Morgan fingerprint density at radius 3 is 0.690 bits per heavy atom. The van der Waals surface area contributed by atoms with Crippen LogP contribution in [0.25, 0.3) is 0 Å². The summed E-state index contributed by atoms with van der Waals surface area (Å²) in [6.07, 6.45) is 41.4. The summed E-state index contributed by atoms with van der Waals surface area (Å²) in [6, 6.07) is 1.11. The molecule has 0 amide bonds. The molecule has 84 heavy (non-hydrogen) atoms. The van der Waals surface area contributed by atoms with Gasteiger partial charge in [-0.25, -0.2) is 0 Å². The highest BCUT2D eigenvalue weighted by molar-refractivity contribution is 8.02. The Hall–Kier alpha value is -3.36. The Balaban J connectivity index is -0.000000108. The van der Waals surface area contributed by atoms with Crippen LogP contribution in [0.15, 0.2) is 131 Å². The van der Waals surface area contributed by atoms with E-state index in [1.165, 1.54) is 0 Å². The Morgan fingerprint density at radius 1 is 0.274 bits per heavy atom. The van der Waals surface area contributed by atoms with Gasteiger partial charge in [0.15, 0.2) is 0 Å². The molecule has 0 saturated heterocycles. The van der Waals surface area contributed by atoms with Gasteiger partial charge in [-0.3, -0.25) is 9.98 Å². The molecule has 0 atom stereocenters. The van der Waals surface area contributed by atoms with Gasteiger partial charge in [0.25, 0.3) is 0 Å². The SMILES string of the molecule is CC(C)/C=C\C=C/C(C)C.CC(C)/C=C\NC(C)C.CC(C)/C=C\NC(C)C.CC(C)/C=C\OC(C)C.CC(C)/C=C\OC(C)C.CC(C)/C=C\SC(C)C.CC(C)/C=C\SC(C)C.CC(C)C=N/C=C\C(C)C.CC(C)C=N/C=C\C(C)C. The first-order valence-electron chi connectivity index (χ1n) is 32.5. The van der Waals surface area contributed by atoms with Gasteiger partial charge in [0.1, 0.15) is 0 Å². The summed E-state index contributed by atoms with van der Waals surface area (Å²) in [5, 5.41) is 12.2. The summed E-state index contributed by atoms with van der Waals surface area (Å²) in [7, 11) is 0. The van der Waals surface area contributed by atoms with Gasteiger partial charge in [0.05, 0.1) is 24.7 Å². The molecule has 0 aromatic rings. The standard InChI is InChI=1S/C10H18.2C9H17N.2C8H17N.2C8H16O.2C8H16S/c1-9(2)7-5-6-8-10(3)4;2*1-8(2)5-6-10-7-9(3)4;6*1-7(2)5-6-9-8(3)4/h5-10H,1-4H3;2*5-9H,1-4H3;2*5-9H,1-4H3;4*5-8H,1-4H3/b7-5-,8-6-;2*6-5-,10-7?;6*6-5-. The van der Waals surface area contributed by atoms with Gasteiger partial charge in [0, 0.05) is 47.4 Å². The summed E-state index contributed by atoms with van der Waals surface area (Å²) in [5.41, 5.74) is 0. The van der Waals surface area contributed by atoms with E-state index in [2.05, 4.69) is 314 Å². The van der Waals surface area contributed by atoms with Crippen molar-refractivity contribution < 1.29 is 9.47 Å². The smallest absolute Gasteiger partial charge is 0.0922 e. The number of hydrogen-bond acceptors (Lipinski definition) is 8. The predicted molar refractivity (Wildman–Crippen MR) is 401 cm³/mol. The van der Waals surface area contributed by atoms with Crippen LogP contribution in [0, 0.1) is 71.0 Å². The lowest BCUT2D eigenvalue weighted by Gasteiger charge is -2.03.